The largest absolute Gasteiger partial charge is 0.373 e. The van der Waals surface area contributed by atoms with Crippen LogP contribution in [-0.4, -0.2) is 69.4 Å². The number of sulfonamides is 1. The van der Waals surface area contributed by atoms with Crippen LogP contribution in [0.3, 0.4) is 0 Å². The maximum atomic E-state index is 12.5. The van der Waals surface area contributed by atoms with Gasteiger partial charge in [0, 0.05) is 32.7 Å². The molecular weight excluding hydrogens is 467 g/mol. The smallest absolute Gasteiger partial charge is 0.216 e. The molecule has 1 saturated heterocycles. The van der Waals surface area contributed by atoms with Gasteiger partial charge >= 0.3 is 0 Å². The summed E-state index contributed by atoms with van der Waals surface area (Å²) in [5.74, 6) is 0.755. The van der Waals surface area contributed by atoms with Crippen LogP contribution in [0.1, 0.15) is 53.4 Å². The standard InChI is InChI=1S/C17H36N4O3S.HI/c1-5-7-8-9-10-19-17(18-6-2)20-11-12-25(22,23)21-13-15(3)24-16(4)14-21;/h15-16H,5-14H2,1-4H3,(H2,18,19,20);1H. The molecule has 0 saturated carbocycles. The van der Waals surface area contributed by atoms with Crippen molar-refractivity contribution in [3.63, 3.8) is 0 Å². The van der Waals surface area contributed by atoms with Crippen LogP contribution in [0.25, 0.3) is 0 Å². The van der Waals surface area contributed by atoms with Gasteiger partial charge < -0.3 is 15.4 Å². The Morgan fingerprint density at radius 3 is 2.35 bits per heavy atom. The molecule has 1 heterocycles. The number of unbranched alkanes of at least 4 members (excludes halogenated alkanes) is 3. The fourth-order valence-electron chi connectivity index (χ4n) is 2.86. The van der Waals surface area contributed by atoms with E-state index in [1.165, 1.54) is 19.3 Å². The summed E-state index contributed by atoms with van der Waals surface area (Å²) in [6.45, 7) is 10.7. The van der Waals surface area contributed by atoms with Gasteiger partial charge in [0.25, 0.3) is 0 Å². The van der Waals surface area contributed by atoms with Crippen molar-refractivity contribution in [3.05, 3.63) is 0 Å². The summed E-state index contributed by atoms with van der Waals surface area (Å²) in [4.78, 5) is 4.51. The van der Waals surface area contributed by atoms with E-state index in [4.69, 9.17) is 4.74 Å². The van der Waals surface area contributed by atoms with Gasteiger partial charge in [0.1, 0.15) is 0 Å². The number of hydrogen-bond acceptors (Lipinski definition) is 4. The number of guanidine groups is 1. The number of hydrogen-bond donors (Lipinski definition) is 2. The molecule has 1 fully saturated rings. The summed E-state index contributed by atoms with van der Waals surface area (Å²) in [5.41, 5.74) is 0. The SMILES string of the molecule is CCCCCCN=C(NCC)NCCS(=O)(=O)N1CC(C)OC(C)C1.I. The molecule has 26 heavy (non-hydrogen) atoms. The van der Waals surface area contributed by atoms with E-state index in [0.29, 0.717) is 25.6 Å². The number of aliphatic imine (C=N–C) groups is 1. The normalized spacial score (nSPS) is 21.9. The Morgan fingerprint density at radius 2 is 1.77 bits per heavy atom. The molecule has 1 aliphatic heterocycles. The molecule has 0 aromatic carbocycles. The Morgan fingerprint density at radius 1 is 1.12 bits per heavy atom. The first kappa shape index (κ1) is 25.9. The van der Waals surface area contributed by atoms with Crippen molar-refractivity contribution in [1.29, 1.82) is 0 Å². The van der Waals surface area contributed by atoms with E-state index >= 15 is 0 Å². The van der Waals surface area contributed by atoms with Crippen molar-refractivity contribution < 1.29 is 13.2 Å². The molecule has 2 unspecified atom stereocenters. The third kappa shape index (κ3) is 10.3. The lowest BCUT2D eigenvalue weighted by atomic mass is 10.2. The summed E-state index contributed by atoms with van der Waals surface area (Å²) in [6.07, 6.45) is 4.56. The first-order chi connectivity index (χ1) is 11.9. The molecule has 0 amide bonds. The molecule has 0 radical (unpaired) electrons. The fourth-order valence-corrected chi connectivity index (χ4v) is 4.35. The minimum Gasteiger partial charge on any atom is -0.373 e. The highest BCUT2D eigenvalue weighted by molar-refractivity contribution is 14.0. The molecule has 1 rings (SSSR count). The van der Waals surface area contributed by atoms with Gasteiger partial charge in [0.2, 0.25) is 10.0 Å². The topological polar surface area (TPSA) is 83.0 Å². The van der Waals surface area contributed by atoms with Crippen molar-refractivity contribution in [2.45, 2.75) is 65.6 Å². The van der Waals surface area contributed by atoms with Crippen molar-refractivity contribution >= 4 is 40.0 Å². The molecule has 0 aromatic rings. The van der Waals surface area contributed by atoms with Crippen LogP contribution < -0.4 is 10.6 Å². The number of rotatable bonds is 10. The molecule has 9 heteroatoms. The lowest BCUT2D eigenvalue weighted by molar-refractivity contribution is -0.0440. The van der Waals surface area contributed by atoms with Crippen molar-refractivity contribution in [2.24, 2.45) is 4.99 Å². The number of nitrogens with one attached hydrogen (secondary N) is 2. The van der Waals surface area contributed by atoms with E-state index in [0.717, 1.165) is 19.5 Å². The summed E-state index contributed by atoms with van der Waals surface area (Å²) in [5, 5.41) is 6.29. The molecule has 1 aliphatic rings. The molecule has 2 N–H and O–H groups in total. The molecule has 7 nitrogen and oxygen atoms in total. The highest BCUT2D eigenvalue weighted by Gasteiger charge is 2.30. The first-order valence-electron chi connectivity index (χ1n) is 9.54. The van der Waals surface area contributed by atoms with E-state index in [9.17, 15) is 8.42 Å². The van der Waals surface area contributed by atoms with Crippen molar-refractivity contribution in [3.8, 4) is 0 Å². The second-order valence-corrected chi connectivity index (χ2v) is 8.73. The van der Waals surface area contributed by atoms with E-state index in [1.54, 1.807) is 4.31 Å². The van der Waals surface area contributed by atoms with Gasteiger partial charge in [-0.1, -0.05) is 26.2 Å². The van der Waals surface area contributed by atoms with Crippen LogP contribution in [0.4, 0.5) is 0 Å². The lowest BCUT2D eigenvalue weighted by Gasteiger charge is -2.34. The average molecular weight is 504 g/mol. The third-order valence-corrected chi connectivity index (χ3v) is 5.86. The van der Waals surface area contributed by atoms with Crippen LogP contribution in [0.15, 0.2) is 4.99 Å². The first-order valence-corrected chi connectivity index (χ1v) is 11.1. The molecule has 0 spiro atoms. The molecule has 0 aromatic heterocycles. The molecule has 0 aliphatic carbocycles. The van der Waals surface area contributed by atoms with Gasteiger partial charge in [0.05, 0.1) is 18.0 Å². The van der Waals surface area contributed by atoms with Crippen LogP contribution >= 0.6 is 24.0 Å². The predicted octanol–water partition coefficient (Wildman–Crippen LogP) is 2.18. The van der Waals surface area contributed by atoms with Crippen molar-refractivity contribution in [2.75, 3.05) is 38.5 Å². The zero-order valence-electron chi connectivity index (χ0n) is 16.7. The lowest BCUT2D eigenvalue weighted by Crippen LogP contribution is -2.50. The maximum Gasteiger partial charge on any atom is 0.216 e. The Hall–Kier alpha value is -0.130. The van der Waals surface area contributed by atoms with Gasteiger partial charge in [-0.3, -0.25) is 4.99 Å². The molecule has 0 bridgehead atoms. The highest BCUT2D eigenvalue weighted by Crippen LogP contribution is 2.14. The van der Waals surface area contributed by atoms with E-state index in [2.05, 4.69) is 22.5 Å². The van der Waals surface area contributed by atoms with Crippen LogP contribution in [-0.2, 0) is 14.8 Å². The Bertz CT molecular complexity index is 492. The number of ether oxygens (including phenoxy) is 1. The average Bonchev–Trinajstić information content (AvgIpc) is 2.53. The maximum absolute atomic E-state index is 12.5. The van der Waals surface area contributed by atoms with Gasteiger partial charge in [-0.15, -0.1) is 24.0 Å². The molecular formula is C17H37IN4O3S. The highest BCUT2D eigenvalue weighted by atomic mass is 127. The molecule has 156 valence electrons. The second kappa shape index (κ2) is 14.0. The van der Waals surface area contributed by atoms with Crippen LogP contribution in [0.2, 0.25) is 0 Å². The predicted molar refractivity (Wildman–Crippen MR) is 119 cm³/mol. The zero-order valence-corrected chi connectivity index (χ0v) is 19.8. The van der Waals surface area contributed by atoms with Crippen LogP contribution in [0, 0.1) is 0 Å². The summed E-state index contributed by atoms with van der Waals surface area (Å²) in [7, 11) is -3.28. The summed E-state index contributed by atoms with van der Waals surface area (Å²) < 4.78 is 32.2. The van der Waals surface area contributed by atoms with Crippen molar-refractivity contribution in [1.82, 2.24) is 14.9 Å². The summed E-state index contributed by atoms with van der Waals surface area (Å²) in [6, 6.07) is 0. The minimum atomic E-state index is -3.28. The minimum absolute atomic E-state index is 0. The second-order valence-electron chi connectivity index (χ2n) is 6.64. The van der Waals surface area contributed by atoms with Gasteiger partial charge in [-0.05, 0) is 27.2 Å². The van der Waals surface area contributed by atoms with E-state index < -0.39 is 10.0 Å². The zero-order chi connectivity index (χ0) is 18.7. The number of nitrogens with zero attached hydrogens (tertiary/aromatic N) is 2. The monoisotopic (exact) mass is 504 g/mol. The van der Waals surface area contributed by atoms with Crippen LogP contribution in [0.5, 0.6) is 0 Å². The quantitative estimate of drug-likeness (QED) is 0.206. The van der Waals surface area contributed by atoms with Gasteiger partial charge in [0.15, 0.2) is 5.96 Å². The fraction of sp³-hybridized carbons (Fsp3) is 0.941. The molecule has 2 atom stereocenters. The number of morpholine rings is 1. The number of halogens is 1. The summed E-state index contributed by atoms with van der Waals surface area (Å²) >= 11 is 0. The van der Waals surface area contributed by atoms with Gasteiger partial charge in [-0.25, -0.2) is 8.42 Å². The van der Waals surface area contributed by atoms with E-state index in [1.807, 2.05) is 20.8 Å². The van der Waals surface area contributed by atoms with Gasteiger partial charge in [-0.2, -0.15) is 4.31 Å². The van der Waals surface area contributed by atoms with E-state index in [-0.39, 0.29) is 41.9 Å². The Labute approximate surface area is 176 Å². The Balaban J connectivity index is 0.00000625. The third-order valence-electron chi connectivity index (χ3n) is 4.06. The Kier molecular flexibility index (Phi) is 13.9.